The molecule has 0 amide bonds. The van der Waals surface area contributed by atoms with Crippen molar-refractivity contribution in [3.63, 3.8) is 0 Å². The summed E-state index contributed by atoms with van der Waals surface area (Å²) in [6.45, 7) is 0. The van der Waals surface area contributed by atoms with Gasteiger partial charge in [-0.3, -0.25) is 0 Å². The Bertz CT molecular complexity index is 4260. The lowest BCUT2D eigenvalue weighted by Crippen LogP contribution is -2.09. The number of nitrogens with zero attached hydrogens (tertiary/aromatic N) is 2. The quantitative estimate of drug-likeness (QED) is 0.138. The highest BCUT2D eigenvalue weighted by Gasteiger charge is 2.17. The van der Waals surface area contributed by atoms with Gasteiger partial charge in [0.15, 0.2) is 0 Å². The van der Waals surface area contributed by atoms with Gasteiger partial charge in [-0.2, -0.15) is 0 Å². The molecule has 0 aliphatic carbocycles. The minimum absolute atomic E-state index is 1.08. The minimum atomic E-state index is 1.08. The van der Waals surface area contributed by atoms with Gasteiger partial charge in [-0.25, -0.2) is 0 Å². The van der Waals surface area contributed by atoms with Gasteiger partial charge in [-0.15, -0.1) is 0 Å². The SMILES string of the molecule is c1cc(-c2ccc(N(c3ccc(-c4ccc(-c5ccc6ccccc6c5)cc4)cc3)c3ccc(-c4ccc5c6ccccc6c6ccccc6c5c4)cc3)cc2)cc(-n2c3ccccc3c3ccccc32)c1. The van der Waals surface area contributed by atoms with Crippen molar-refractivity contribution >= 4 is 82.0 Å². The van der Waals surface area contributed by atoms with Crippen LogP contribution < -0.4 is 4.90 Å². The van der Waals surface area contributed by atoms with E-state index in [4.69, 9.17) is 0 Å². The van der Waals surface area contributed by atoms with E-state index in [1.165, 1.54) is 104 Å². The lowest BCUT2D eigenvalue weighted by molar-refractivity contribution is 1.18. The average molecular weight is 915 g/mol. The highest BCUT2D eigenvalue weighted by molar-refractivity contribution is 6.25. The third-order valence-electron chi connectivity index (χ3n) is 14.8. The summed E-state index contributed by atoms with van der Waals surface area (Å²) in [4.78, 5) is 2.37. The molecule has 2 nitrogen and oxygen atoms in total. The van der Waals surface area contributed by atoms with E-state index in [1.807, 2.05) is 0 Å². The maximum atomic E-state index is 2.39. The number of benzene rings is 13. The molecule has 0 saturated carbocycles. The van der Waals surface area contributed by atoms with E-state index in [9.17, 15) is 0 Å². The van der Waals surface area contributed by atoms with Crippen LogP contribution in [0.15, 0.2) is 279 Å². The number of fused-ring (bicyclic) bond motifs is 10. The largest absolute Gasteiger partial charge is 0.311 e. The summed E-state index contributed by atoms with van der Waals surface area (Å²) in [6, 6.07) is 102. The Kier molecular flexibility index (Phi) is 9.89. The zero-order chi connectivity index (χ0) is 47.5. The van der Waals surface area contributed by atoms with Gasteiger partial charge in [0.25, 0.3) is 0 Å². The summed E-state index contributed by atoms with van der Waals surface area (Å²) in [5, 5.41) is 12.7. The number of hydrogen-bond donors (Lipinski definition) is 0. The molecule has 14 aromatic rings. The molecule has 1 aromatic heterocycles. The molecule has 2 heteroatoms. The second-order valence-electron chi connectivity index (χ2n) is 18.9. The number of para-hydroxylation sites is 2. The minimum Gasteiger partial charge on any atom is -0.311 e. The first kappa shape index (κ1) is 41.5. The second-order valence-corrected chi connectivity index (χ2v) is 18.9. The van der Waals surface area contributed by atoms with Crippen molar-refractivity contribution in [2.24, 2.45) is 0 Å². The van der Waals surface area contributed by atoms with E-state index in [2.05, 4.69) is 289 Å². The number of hydrogen-bond acceptors (Lipinski definition) is 1. The first-order valence-corrected chi connectivity index (χ1v) is 24.8. The number of anilines is 3. The van der Waals surface area contributed by atoms with Gasteiger partial charge >= 0.3 is 0 Å². The van der Waals surface area contributed by atoms with E-state index in [0.717, 1.165) is 28.3 Å². The monoisotopic (exact) mass is 914 g/mol. The van der Waals surface area contributed by atoms with Crippen LogP contribution in [-0.2, 0) is 0 Å². The highest BCUT2D eigenvalue weighted by Crippen LogP contribution is 2.41. The summed E-state index contributed by atoms with van der Waals surface area (Å²) in [5.41, 5.74) is 16.3. The van der Waals surface area contributed by atoms with Gasteiger partial charge in [-0.05, 0) is 160 Å². The van der Waals surface area contributed by atoms with Crippen molar-refractivity contribution in [2.75, 3.05) is 4.90 Å². The predicted octanol–water partition coefficient (Wildman–Crippen LogP) is 19.5. The maximum Gasteiger partial charge on any atom is 0.0541 e. The van der Waals surface area contributed by atoms with Gasteiger partial charge in [-0.1, -0.05) is 206 Å². The van der Waals surface area contributed by atoms with Gasteiger partial charge < -0.3 is 9.47 Å². The average Bonchev–Trinajstić information content (AvgIpc) is 3.80. The van der Waals surface area contributed by atoms with Crippen LogP contribution in [0.3, 0.4) is 0 Å². The molecular weight excluding hydrogens is 869 g/mol. The zero-order valence-corrected chi connectivity index (χ0v) is 39.5. The fourth-order valence-electron chi connectivity index (χ4n) is 11.2. The third kappa shape index (κ3) is 7.12. The fraction of sp³-hybridized carbons (Fsp3) is 0. The summed E-state index contributed by atoms with van der Waals surface area (Å²) in [6.07, 6.45) is 0. The number of rotatable bonds is 8. The maximum absolute atomic E-state index is 2.39. The molecule has 0 spiro atoms. The molecule has 0 aliphatic rings. The van der Waals surface area contributed by atoms with Gasteiger partial charge in [0.2, 0.25) is 0 Å². The topological polar surface area (TPSA) is 8.17 Å². The van der Waals surface area contributed by atoms with Crippen molar-refractivity contribution in [3.05, 3.63) is 279 Å². The summed E-state index contributed by atoms with van der Waals surface area (Å²) < 4.78 is 2.39. The molecule has 13 aromatic carbocycles. The fourth-order valence-corrected chi connectivity index (χ4v) is 11.2. The third-order valence-corrected chi connectivity index (χ3v) is 14.8. The molecule has 0 atom stereocenters. The summed E-state index contributed by atoms with van der Waals surface area (Å²) in [7, 11) is 0. The smallest absolute Gasteiger partial charge is 0.0541 e. The molecule has 0 bridgehead atoms. The molecule has 0 unspecified atom stereocenters. The highest BCUT2D eigenvalue weighted by atomic mass is 15.1. The van der Waals surface area contributed by atoms with Crippen LogP contribution in [0, 0.1) is 0 Å². The van der Waals surface area contributed by atoms with E-state index < -0.39 is 0 Å². The number of aromatic nitrogens is 1. The van der Waals surface area contributed by atoms with Crippen molar-refractivity contribution in [3.8, 4) is 50.2 Å². The Labute approximate surface area is 418 Å². The van der Waals surface area contributed by atoms with Crippen molar-refractivity contribution in [1.29, 1.82) is 0 Å². The molecule has 0 saturated heterocycles. The first-order chi connectivity index (χ1) is 35.7. The Balaban J connectivity index is 0.821. The van der Waals surface area contributed by atoms with E-state index in [-0.39, 0.29) is 0 Å². The van der Waals surface area contributed by atoms with Gasteiger partial charge in [0.05, 0.1) is 11.0 Å². The Morgan fingerprint density at radius 3 is 1.10 bits per heavy atom. The van der Waals surface area contributed by atoms with Gasteiger partial charge in [0.1, 0.15) is 0 Å². The molecule has 0 aliphatic heterocycles. The normalized spacial score (nSPS) is 11.6. The lowest BCUT2D eigenvalue weighted by Gasteiger charge is -2.26. The Morgan fingerprint density at radius 1 is 0.208 bits per heavy atom. The van der Waals surface area contributed by atoms with Crippen molar-refractivity contribution in [2.45, 2.75) is 0 Å². The standard InChI is InChI=1S/C70H46N2/c1-2-13-53-44-55(29-28-47(53)12-1)50-26-24-48(25-27-50)49-30-37-57(38-31-49)71(59-41-34-52(35-42-59)56-36-43-65-63-18-4-3-16-61(63)62-17-5-6-19-64(62)68(65)46-56)58-39-32-51(33-40-58)54-14-11-15-60(45-54)72-69-22-9-7-20-66(69)67-21-8-10-23-70(67)72/h1-46H. The molecular formula is C70H46N2. The second kappa shape index (κ2) is 17.2. The van der Waals surface area contributed by atoms with Crippen molar-refractivity contribution < 1.29 is 0 Å². The van der Waals surface area contributed by atoms with Crippen LogP contribution in [0.4, 0.5) is 17.1 Å². The molecule has 72 heavy (non-hydrogen) atoms. The lowest BCUT2D eigenvalue weighted by atomic mass is 9.92. The molecule has 14 rings (SSSR count). The molecule has 0 N–H and O–H groups in total. The molecule has 336 valence electrons. The van der Waals surface area contributed by atoms with Crippen LogP contribution in [0.25, 0.3) is 115 Å². The van der Waals surface area contributed by atoms with Crippen LogP contribution >= 0.6 is 0 Å². The van der Waals surface area contributed by atoms with E-state index >= 15 is 0 Å². The summed E-state index contributed by atoms with van der Waals surface area (Å²) in [5.74, 6) is 0. The van der Waals surface area contributed by atoms with E-state index in [0.29, 0.717) is 0 Å². The van der Waals surface area contributed by atoms with Crippen LogP contribution in [0.2, 0.25) is 0 Å². The molecule has 0 fully saturated rings. The first-order valence-electron chi connectivity index (χ1n) is 24.8. The molecule has 1 heterocycles. The molecule has 0 radical (unpaired) electrons. The Hall–Kier alpha value is -9.50. The summed E-state index contributed by atoms with van der Waals surface area (Å²) >= 11 is 0. The zero-order valence-electron chi connectivity index (χ0n) is 39.5. The van der Waals surface area contributed by atoms with Gasteiger partial charge in [0, 0.05) is 33.5 Å². The Morgan fingerprint density at radius 2 is 0.569 bits per heavy atom. The van der Waals surface area contributed by atoms with Crippen LogP contribution in [0.5, 0.6) is 0 Å². The van der Waals surface area contributed by atoms with E-state index in [1.54, 1.807) is 0 Å². The predicted molar refractivity (Wildman–Crippen MR) is 307 cm³/mol. The van der Waals surface area contributed by atoms with Crippen LogP contribution in [0.1, 0.15) is 0 Å². The van der Waals surface area contributed by atoms with Crippen LogP contribution in [-0.4, -0.2) is 4.57 Å². The van der Waals surface area contributed by atoms with Crippen molar-refractivity contribution in [1.82, 2.24) is 4.57 Å².